The summed E-state index contributed by atoms with van der Waals surface area (Å²) in [6.07, 6.45) is 5.12. The summed E-state index contributed by atoms with van der Waals surface area (Å²) in [4.78, 5) is 14.6. The van der Waals surface area contributed by atoms with Gasteiger partial charge in [-0.3, -0.25) is 0 Å². The molecule has 0 aliphatic carbocycles. The Balaban J connectivity index is 1.56. The number of esters is 1. The van der Waals surface area contributed by atoms with Crippen LogP contribution >= 0.6 is 0 Å². The molecule has 1 aliphatic rings. The molecule has 0 bridgehead atoms. The molecule has 33 heavy (non-hydrogen) atoms. The molecule has 5 nitrogen and oxygen atoms in total. The van der Waals surface area contributed by atoms with Gasteiger partial charge in [0.05, 0.1) is 24.4 Å². The molecule has 5 rings (SSSR count). The fourth-order valence-corrected chi connectivity index (χ4v) is 4.61. The Morgan fingerprint density at radius 1 is 1.09 bits per heavy atom. The predicted octanol–water partition coefficient (Wildman–Crippen LogP) is 5.80. The number of nitrogens with zero attached hydrogens (tertiary/aromatic N) is 3. The second-order valence-electron chi connectivity index (χ2n) is 8.08. The van der Waals surface area contributed by atoms with Crippen LogP contribution in [0.15, 0.2) is 67.0 Å². The smallest absolute Gasteiger partial charge is 0.341 e. The first-order chi connectivity index (χ1) is 16.0. The first-order valence-corrected chi connectivity index (χ1v) is 11.0. The topological polar surface area (TPSA) is 46.8 Å². The average molecular weight is 447 g/mol. The molecule has 2 aromatic carbocycles. The van der Waals surface area contributed by atoms with Crippen LogP contribution in [-0.2, 0) is 4.74 Å². The fraction of sp³-hybridized carbons (Fsp3) is 0.231. The highest BCUT2D eigenvalue weighted by Crippen LogP contribution is 2.41. The number of fused-ring (bicyclic) bond motifs is 1. The van der Waals surface area contributed by atoms with Gasteiger partial charge in [-0.25, -0.2) is 18.1 Å². The number of ether oxygens (including phenoxy) is 1. The fourth-order valence-electron chi connectivity index (χ4n) is 4.61. The van der Waals surface area contributed by atoms with Crippen LogP contribution < -0.4 is 4.90 Å². The quantitative estimate of drug-likeness (QED) is 0.363. The van der Waals surface area contributed by atoms with E-state index in [0.29, 0.717) is 11.1 Å². The molecule has 0 saturated carbocycles. The number of hydrogen-bond donors (Lipinski definition) is 0. The van der Waals surface area contributed by atoms with Crippen molar-refractivity contribution in [3.8, 4) is 11.1 Å². The van der Waals surface area contributed by atoms with Crippen molar-refractivity contribution in [1.82, 2.24) is 9.61 Å². The number of benzene rings is 2. The molecular weight excluding hydrogens is 424 g/mol. The summed E-state index contributed by atoms with van der Waals surface area (Å²) in [7, 11) is 0. The number of pyridine rings is 1. The molecule has 7 heteroatoms. The number of anilines is 1. The Kier molecular flexibility index (Phi) is 5.54. The minimum atomic E-state index is -0.411. The lowest BCUT2D eigenvalue weighted by molar-refractivity contribution is 0.0528. The van der Waals surface area contributed by atoms with Crippen LogP contribution in [0.1, 0.15) is 41.7 Å². The Hall–Kier alpha value is -3.74. The zero-order chi connectivity index (χ0) is 22.9. The number of carbonyl (C=O) groups is 1. The standard InChI is InChI=1S/C26H23F2N3O2/c1-2-33-26(32)23-16-29-31-13-11-20(15-25(23)31)30-12-3-4-24(30)22-14-19(28)9-10-21(22)17-5-7-18(27)8-6-17/h5-11,13-16,24H,2-4,12H2,1H3/t24-/m1/s1. The van der Waals surface area contributed by atoms with Crippen molar-refractivity contribution in [3.63, 3.8) is 0 Å². The van der Waals surface area contributed by atoms with E-state index in [1.54, 1.807) is 35.7 Å². The van der Waals surface area contributed by atoms with Gasteiger partial charge < -0.3 is 9.64 Å². The van der Waals surface area contributed by atoms with E-state index in [9.17, 15) is 13.6 Å². The number of hydrogen-bond acceptors (Lipinski definition) is 4. The molecule has 1 aliphatic heterocycles. The summed E-state index contributed by atoms with van der Waals surface area (Å²) in [6.45, 7) is 2.85. The first kappa shape index (κ1) is 21.1. The van der Waals surface area contributed by atoms with Crippen LogP contribution in [0.4, 0.5) is 14.5 Å². The monoisotopic (exact) mass is 447 g/mol. The van der Waals surface area contributed by atoms with Crippen LogP contribution in [0.3, 0.4) is 0 Å². The van der Waals surface area contributed by atoms with Crippen molar-refractivity contribution >= 4 is 17.2 Å². The van der Waals surface area contributed by atoms with E-state index >= 15 is 0 Å². The van der Waals surface area contributed by atoms with Gasteiger partial charge in [-0.1, -0.05) is 18.2 Å². The van der Waals surface area contributed by atoms with Crippen molar-refractivity contribution < 1.29 is 18.3 Å². The predicted molar refractivity (Wildman–Crippen MR) is 122 cm³/mol. The van der Waals surface area contributed by atoms with Crippen molar-refractivity contribution in [2.75, 3.05) is 18.1 Å². The third kappa shape index (κ3) is 3.95. The lowest BCUT2D eigenvalue weighted by Crippen LogP contribution is -2.23. The van der Waals surface area contributed by atoms with Crippen molar-refractivity contribution in [2.24, 2.45) is 0 Å². The van der Waals surface area contributed by atoms with Crippen LogP contribution in [0.2, 0.25) is 0 Å². The Morgan fingerprint density at radius 2 is 1.88 bits per heavy atom. The van der Waals surface area contributed by atoms with Gasteiger partial charge in [0.25, 0.3) is 0 Å². The second kappa shape index (κ2) is 8.65. The summed E-state index contributed by atoms with van der Waals surface area (Å²) < 4.78 is 34.6. The van der Waals surface area contributed by atoms with Crippen molar-refractivity contribution in [1.29, 1.82) is 0 Å². The van der Waals surface area contributed by atoms with Gasteiger partial charge in [-0.2, -0.15) is 5.10 Å². The Bertz CT molecular complexity index is 1320. The van der Waals surface area contributed by atoms with Crippen LogP contribution in [-0.4, -0.2) is 28.7 Å². The van der Waals surface area contributed by atoms with Crippen LogP contribution in [0.25, 0.3) is 16.6 Å². The Labute approximate surface area is 190 Å². The first-order valence-electron chi connectivity index (χ1n) is 11.0. The van der Waals surface area contributed by atoms with E-state index in [1.807, 2.05) is 18.3 Å². The van der Waals surface area contributed by atoms with Crippen LogP contribution in [0, 0.1) is 11.6 Å². The molecular formula is C26H23F2N3O2. The zero-order valence-electron chi connectivity index (χ0n) is 18.2. The summed E-state index contributed by atoms with van der Waals surface area (Å²) in [5.74, 6) is -1.03. The van der Waals surface area contributed by atoms with Crippen LogP contribution in [0.5, 0.6) is 0 Å². The van der Waals surface area contributed by atoms with E-state index < -0.39 is 5.97 Å². The number of carbonyl (C=O) groups excluding carboxylic acids is 1. The lowest BCUT2D eigenvalue weighted by Gasteiger charge is -2.29. The molecule has 1 atom stereocenters. The summed E-state index contributed by atoms with van der Waals surface area (Å²) in [6, 6.07) is 14.8. The van der Waals surface area contributed by atoms with Crippen molar-refractivity contribution in [3.05, 3.63) is 89.8 Å². The lowest BCUT2D eigenvalue weighted by atomic mass is 9.93. The van der Waals surface area contributed by atoms with E-state index in [1.165, 1.54) is 24.4 Å². The highest BCUT2D eigenvalue weighted by Gasteiger charge is 2.29. The van der Waals surface area contributed by atoms with Gasteiger partial charge in [-0.15, -0.1) is 0 Å². The minimum absolute atomic E-state index is 0.0582. The van der Waals surface area contributed by atoms with E-state index in [2.05, 4.69) is 10.00 Å². The summed E-state index contributed by atoms with van der Waals surface area (Å²) in [5, 5.41) is 4.26. The minimum Gasteiger partial charge on any atom is -0.462 e. The molecule has 0 spiro atoms. The summed E-state index contributed by atoms with van der Waals surface area (Å²) in [5.41, 5.74) is 4.57. The van der Waals surface area contributed by atoms with Crippen molar-refractivity contribution in [2.45, 2.75) is 25.8 Å². The second-order valence-corrected chi connectivity index (χ2v) is 8.08. The number of rotatable bonds is 5. The van der Waals surface area contributed by atoms with Gasteiger partial charge in [0.1, 0.15) is 17.2 Å². The van der Waals surface area contributed by atoms with Gasteiger partial charge in [0.2, 0.25) is 0 Å². The molecule has 2 aromatic heterocycles. The van der Waals surface area contributed by atoms with Gasteiger partial charge in [-0.05, 0) is 72.9 Å². The molecule has 0 N–H and O–H groups in total. The third-order valence-electron chi connectivity index (χ3n) is 6.11. The maximum absolute atomic E-state index is 14.3. The Morgan fingerprint density at radius 3 is 2.67 bits per heavy atom. The molecule has 0 radical (unpaired) electrons. The molecule has 168 valence electrons. The normalized spacial score (nSPS) is 15.8. The molecule has 3 heterocycles. The number of halogens is 2. The maximum atomic E-state index is 14.3. The van der Waals surface area contributed by atoms with Gasteiger partial charge in [0, 0.05) is 18.4 Å². The van der Waals surface area contributed by atoms with E-state index in [-0.39, 0.29) is 24.3 Å². The largest absolute Gasteiger partial charge is 0.462 e. The zero-order valence-corrected chi connectivity index (χ0v) is 18.2. The number of aromatic nitrogens is 2. The molecule has 1 saturated heterocycles. The highest BCUT2D eigenvalue weighted by atomic mass is 19.1. The summed E-state index contributed by atoms with van der Waals surface area (Å²) >= 11 is 0. The molecule has 1 fully saturated rings. The van der Waals surface area contributed by atoms with E-state index in [0.717, 1.165) is 41.8 Å². The SMILES string of the molecule is CCOC(=O)c1cnn2ccc(N3CCC[C@@H]3c3cc(F)ccc3-c3ccc(F)cc3)cc12. The molecule has 0 unspecified atom stereocenters. The van der Waals surface area contributed by atoms with Gasteiger partial charge in [0.15, 0.2) is 0 Å². The average Bonchev–Trinajstić information content (AvgIpc) is 3.47. The highest BCUT2D eigenvalue weighted by molar-refractivity contribution is 5.97. The third-order valence-corrected chi connectivity index (χ3v) is 6.11. The molecule has 0 amide bonds. The maximum Gasteiger partial charge on any atom is 0.341 e. The van der Waals surface area contributed by atoms with Gasteiger partial charge >= 0.3 is 5.97 Å². The van der Waals surface area contributed by atoms with E-state index in [4.69, 9.17) is 4.74 Å². The molecule has 4 aromatic rings.